The van der Waals surface area contributed by atoms with Crippen LogP contribution in [0, 0.1) is 0 Å². The van der Waals surface area contributed by atoms with Gasteiger partial charge in [-0.3, -0.25) is 4.99 Å². The molecule has 2 N–H and O–H groups in total. The molecule has 0 bridgehead atoms. The van der Waals surface area contributed by atoms with Crippen LogP contribution in [-0.4, -0.2) is 12.4 Å². The molecule has 0 radical (unpaired) electrons. The summed E-state index contributed by atoms with van der Waals surface area (Å²) in [5.41, 5.74) is 3.79. The molecule has 0 fully saturated rings. The van der Waals surface area contributed by atoms with Gasteiger partial charge in [0.1, 0.15) is 11.9 Å². The van der Waals surface area contributed by atoms with Gasteiger partial charge in [0.15, 0.2) is 0 Å². The van der Waals surface area contributed by atoms with E-state index in [0.717, 1.165) is 18.9 Å². The van der Waals surface area contributed by atoms with E-state index >= 15 is 0 Å². The van der Waals surface area contributed by atoms with Gasteiger partial charge in [-0.25, -0.2) is 0 Å². The predicted octanol–water partition coefficient (Wildman–Crippen LogP) is 4.26. The van der Waals surface area contributed by atoms with Crippen LogP contribution in [-0.2, 0) is 6.54 Å². The summed E-state index contributed by atoms with van der Waals surface area (Å²) in [7, 11) is 0. The topological polar surface area (TPSA) is 36.4 Å². The quantitative estimate of drug-likeness (QED) is 0.703. The average Bonchev–Trinajstić information content (AvgIpc) is 3.14. The average molecular weight is 341 g/mol. The number of amidine groups is 1. The SMILES string of the molecule is c1ccc(CNCC2=NC(c3ccccc3)C(c3ccccc3)N2)cc1. The maximum absolute atomic E-state index is 4.99. The fraction of sp³-hybridized carbons (Fsp3) is 0.174. The molecule has 3 aromatic carbocycles. The van der Waals surface area contributed by atoms with E-state index in [-0.39, 0.29) is 12.1 Å². The van der Waals surface area contributed by atoms with Crippen LogP contribution in [0.25, 0.3) is 0 Å². The standard InChI is InChI=1S/C23H23N3/c1-4-10-18(11-5-1)16-24-17-21-25-22(19-12-6-2-7-13-19)23(26-21)20-14-8-3-9-15-20/h1-15,22-24H,16-17H2,(H,25,26). The van der Waals surface area contributed by atoms with E-state index in [2.05, 4.69) is 95.6 Å². The molecule has 3 heteroatoms. The number of benzene rings is 3. The molecule has 130 valence electrons. The maximum atomic E-state index is 4.99. The maximum Gasteiger partial charge on any atom is 0.112 e. The molecule has 1 aliphatic heterocycles. The van der Waals surface area contributed by atoms with Crippen LogP contribution in [0.1, 0.15) is 28.8 Å². The van der Waals surface area contributed by atoms with Crippen molar-refractivity contribution in [3.05, 3.63) is 108 Å². The molecule has 0 aromatic heterocycles. The fourth-order valence-electron chi connectivity index (χ4n) is 3.40. The van der Waals surface area contributed by atoms with Crippen LogP contribution >= 0.6 is 0 Å². The summed E-state index contributed by atoms with van der Waals surface area (Å²) in [5.74, 6) is 1.02. The van der Waals surface area contributed by atoms with Crippen molar-refractivity contribution in [2.75, 3.05) is 6.54 Å². The first kappa shape index (κ1) is 16.6. The highest BCUT2D eigenvalue weighted by Crippen LogP contribution is 2.35. The number of aliphatic imine (C=N–C) groups is 1. The second kappa shape index (κ2) is 7.98. The minimum Gasteiger partial charge on any atom is -0.363 e. The summed E-state index contributed by atoms with van der Waals surface area (Å²) < 4.78 is 0. The first-order valence-corrected chi connectivity index (χ1v) is 9.08. The second-order valence-corrected chi connectivity index (χ2v) is 6.55. The second-order valence-electron chi connectivity index (χ2n) is 6.55. The summed E-state index contributed by atoms with van der Waals surface area (Å²) in [4.78, 5) is 4.99. The van der Waals surface area contributed by atoms with E-state index in [1.807, 2.05) is 6.07 Å². The van der Waals surface area contributed by atoms with Crippen molar-refractivity contribution in [1.29, 1.82) is 0 Å². The number of hydrogen-bond acceptors (Lipinski definition) is 3. The third-order valence-electron chi connectivity index (χ3n) is 4.70. The van der Waals surface area contributed by atoms with Gasteiger partial charge >= 0.3 is 0 Å². The third-order valence-corrected chi connectivity index (χ3v) is 4.70. The molecule has 26 heavy (non-hydrogen) atoms. The molecule has 0 spiro atoms. The van der Waals surface area contributed by atoms with Crippen LogP contribution in [0.15, 0.2) is 96.0 Å². The van der Waals surface area contributed by atoms with E-state index in [4.69, 9.17) is 4.99 Å². The molecule has 3 aromatic rings. The van der Waals surface area contributed by atoms with Crippen LogP contribution in [0.5, 0.6) is 0 Å². The van der Waals surface area contributed by atoms with Crippen molar-refractivity contribution in [3.63, 3.8) is 0 Å². The van der Waals surface area contributed by atoms with Crippen LogP contribution in [0.4, 0.5) is 0 Å². The highest BCUT2D eigenvalue weighted by molar-refractivity contribution is 5.86. The summed E-state index contributed by atoms with van der Waals surface area (Å²) in [6.45, 7) is 1.58. The van der Waals surface area contributed by atoms with E-state index in [9.17, 15) is 0 Å². The van der Waals surface area contributed by atoms with Gasteiger partial charge < -0.3 is 10.6 Å². The van der Waals surface area contributed by atoms with Gasteiger partial charge in [-0.05, 0) is 16.7 Å². The third kappa shape index (κ3) is 3.84. The number of hydrogen-bond donors (Lipinski definition) is 2. The molecule has 0 saturated heterocycles. The van der Waals surface area contributed by atoms with Gasteiger partial charge in [-0.2, -0.15) is 0 Å². The zero-order valence-electron chi connectivity index (χ0n) is 14.7. The molecular formula is C23H23N3. The predicted molar refractivity (Wildman–Crippen MR) is 107 cm³/mol. The van der Waals surface area contributed by atoms with E-state index in [1.54, 1.807) is 0 Å². The van der Waals surface area contributed by atoms with Gasteiger partial charge in [0, 0.05) is 6.54 Å². The van der Waals surface area contributed by atoms with Crippen LogP contribution in [0.2, 0.25) is 0 Å². The van der Waals surface area contributed by atoms with Crippen molar-refractivity contribution >= 4 is 5.84 Å². The Hall–Kier alpha value is -2.91. The lowest BCUT2D eigenvalue weighted by Gasteiger charge is -2.19. The van der Waals surface area contributed by atoms with Gasteiger partial charge in [-0.1, -0.05) is 91.0 Å². The van der Waals surface area contributed by atoms with Crippen molar-refractivity contribution < 1.29 is 0 Å². The lowest BCUT2D eigenvalue weighted by Crippen LogP contribution is -2.32. The smallest absolute Gasteiger partial charge is 0.112 e. The molecule has 1 heterocycles. The van der Waals surface area contributed by atoms with Crippen LogP contribution in [0.3, 0.4) is 0 Å². The first-order valence-electron chi connectivity index (χ1n) is 9.08. The summed E-state index contributed by atoms with van der Waals surface area (Å²) in [5, 5.41) is 7.12. The zero-order chi connectivity index (χ0) is 17.6. The molecule has 2 atom stereocenters. The zero-order valence-corrected chi connectivity index (χ0v) is 14.7. The molecule has 4 rings (SSSR count). The van der Waals surface area contributed by atoms with Crippen molar-refractivity contribution in [2.45, 2.75) is 18.6 Å². The summed E-state index contributed by atoms with van der Waals surface area (Å²) in [6, 6.07) is 31.8. The van der Waals surface area contributed by atoms with Crippen LogP contribution < -0.4 is 10.6 Å². The molecule has 2 unspecified atom stereocenters. The number of nitrogens with zero attached hydrogens (tertiary/aromatic N) is 1. The number of nitrogens with one attached hydrogen (secondary N) is 2. The molecule has 1 aliphatic rings. The molecule has 3 nitrogen and oxygen atoms in total. The summed E-state index contributed by atoms with van der Waals surface area (Å²) in [6.07, 6.45) is 0. The fourth-order valence-corrected chi connectivity index (χ4v) is 3.40. The Bertz CT molecular complexity index is 844. The Labute approximate surface area is 154 Å². The lowest BCUT2D eigenvalue weighted by molar-refractivity contribution is 0.571. The van der Waals surface area contributed by atoms with Gasteiger partial charge in [0.05, 0.1) is 12.6 Å². The van der Waals surface area contributed by atoms with Gasteiger partial charge in [-0.15, -0.1) is 0 Å². The molecule has 0 amide bonds. The minimum absolute atomic E-state index is 0.104. The van der Waals surface area contributed by atoms with E-state index < -0.39 is 0 Å². The Morgan fingerprint density at radius 2 is 1.27 bits per heavy atom. The Balaban J connectivity index is 1.49. The first-order chi connectivity index (χ1) is 12.9. The molecular weight excluding hydrogens is 318 g/mol. The van der Waals surface area contributed by atoms with Gasteiger partial charge in [0.25, 0.3) is 0 Å². The number of rotatable bonds is 6. The summed E-state index contributed by atoms with van der Waals surface area (Å²) >= 11 is 0. The van der Waals surface area contributed by atoms with Crippen molar-refractivity contribution in [2.24, 2.45) is 4.99 Å². The molecule has 0 aliphatic carbocycles. The monoisotopic (exact) mass is 341 g/mol. The Morgan fingerprint density at radius 1 is 0.692 bits per heavy atom. The highest BCUT2D eigenvalue weighted by atomic mass is 15.2. The molecule has 0 saturated carbocycles. The Morgan fingerprint density at radius 3 is 1.92 bits per heavy atom. The largest absolute Gasteiger partial charge is 0.363 e. The lowest BCUT2D eigenvalue weighted by atomic mass is 9.95. The van der Waals surface area contributed by atoms with Crippen molar-refractivity contribution in [1.82, 2.24) is 10.6 Å². The van der Waals surface area contributed by atoms with E-state index in [0.29, 0.717) is 0 Å². The highest BCUT2D eigenvalue weighted by Gasteiger charge is 2.30. The minimum atomic E-state index is 0.104. The normalized spacial score (nSPS) is 19.0. The van der Waals surface area contributed by atoms with Crippen molar-refractivity contribution in [3.8, 4) is 0 Å². The van der Waals surface area contributed by atoms with E-state index in [1.165, 1.54) is 16.7 Å². The Kier molecular flexibility index (Phi) is 5.08. The van der Waals surface area contributed by atoms with Gasteiger partial charge in [0.2, 0.25) is 0 Å².